The lowest BCUT2D eigenvalue weighted by Gasteiger charge is -2.00. The zero-order valence-electron chi connectivity index (χ0n) is 10.1. The monoisotopic (exact) mass is 283 g/mol. The van der Waals surface area contributed by atoms with Gasteiger partial charge in [0.25, 0.3) is 0 Å². The van der Waals surface area contributed by atoms with E-state index in [2.05, 4.69) is 15.9 Å². The standard InChI is InChI=1S/C9H9NO2S.C2H4N2O2/c1-2-12-6-3-4-8-7(5-6)10-9(11)13-8;3-4-1-2(5)6/h3-5H,2H2,1H3,(H,10,11);1H,3H2,(H,5,6). The second kappa shape index (κ2) is 7.17. The molecule has 0 aliphatic heterocycles. The molecule has 0 unspecified atom stereocenters. The van der Waals surface area contributed by atoms with E-state index in [1.807, 2.05) is 25.1 Å². The highest BCUT2D eigenvalue weighted by molar-refractivity contribution is 7.16. The fraction of sp³-hybridized carbons (Fsp3) is 0.182. The Labute approximate surface area is 112 Å². The van der Waals surface area contributed by atoms with Gasteiger partial charge in [-0.15, -0.1) is 0 Å². The number of hydrogen-bond donors (Lipinski definition) is 3. The number of aliphatic carboxylic acids is 1. The molecule has 19 heavy (non-hydrogen) atoms. The number of aromatic amines is 1. The summed E-state index contributed by atoms with van der Waals surface area (Å²) in [5.41, 5.74) is 0.848. The molecular weight excluding hydrogens is 270 g/mol. The van der Waals surface area contributed by atoms with Gasteiger partial charge in [-0.1, -0.05) is 11.3 Å². The molecule has 0 atom stereocenters. The van der Waals surface area contributed by atoms with Gasteiger partial charge in [-0.25, -0.2) is 4.79 Å². The summed E-state index contributed by atoms with van der Waals surface area (Å²) in [6.45, 7) is 2.57. The number of benzene rings is 1. The minimum absolute atomic E-state index is 0.0244. The van der Waals surface area contributed by atoms with E-state index in [4.69, 9.17) is 9.84 Å². The van der Waals surface area contributed by atoms with Gasteiger partial charge < -0.3 is 20.7 Å². The number of carboxylic acids is 1. The van der Waals surface area contributed by atoms with Crippen LogP contribution in [0, 0.1) is 0 Å². The molecule has 1 aromatic heterocycles. The minimum Gasteiger partial charge on any atom is -0.494 e. The van der Waals surface area contributed by atoms with Crippen molar-refractivity contribution in [2.24, 2.45) is 10.9 Å². The van der Waals surface area contributed by atoms with Crippen LogP contribution >= 0.6 is 11.3 Å². The maximum absolute atomic E-state index is 11.0. The first kappa shape index (κ1) is 14.7. The first-order valence-electron chi connectivity index (χ1n) is 5.28. The molecule has 0 saturated heterocycles. The van der Waals surface area contributed by atoms with Crippen molar-refractivity contribution in [1.29, 1.82) is 0 Å². The smallest absolute Gasteiger partial charge is 0.348 e. The van der Waals surface area contributed by atoms with E-state index in [1.165, 1.54) is 11.3 Å². The fourth-order valence-electron chi connectivity index (χ4n) is 1.25. The summed E-state index contributed by atoms with van der Waals surface area (Å²) in [6.07, 6.45) is 0.611. The van der Waals surface area contributed by atoms with Crippen LogP contribution in [-0.4, -0.2) is 28.9 Å². The summed E-state index contributed by atoms with van der Waals surface area (Å²) in [5, 5.41) is 10.4. The van der Waals surface area contributed by atoms with Gasteiger partial charge in [0.05, 0.1) is 16.8 Å². The van der Waals surface area contributed by atoms with Crippen LogP contribution < -0.4 is 15.5 Å². The largest absolute Gasteiger partial charge is 0.494 e. The van der Waals surface area contributed by atoms with E-state index in [1.54, 1.807) is 0 Å². The van der Waals surface area contributed by atoms with Gasteiger partial charge in [-0.3, -0.25) is 4.79 Å². The molecule has 0 aliphatic carbocycles. The minimum atomic E-state index is -1.13. The van der Waals surface area contributed by atoms with E-state index in [9.17, 15) is 9.59 Å². The predicted molar refractivity (Wildman–Crippen MR) is 73.9 cm³/mol. The Morgan fingerprint density at radius 1 is 1.63 bits per heavy atom. The Kier molecular flexibility index (Phi) is 5.55. The topological polar surface area (TPSA) is 118 Å². The van der Waals surface area contributed by atoms with Crippen molar-refractivity contribution < 1.29 is 14.6 Å². The number of aromatic nitrogens is 1. The van der Waals surface area contributed by atoms with Gasteiger partial charge in [0.15, 0.2) is 0 Å². The van der Waals surface area contributed by atoms with Crippen LogP contribution in [0.3, 0.4) is 0 Å². The molecule has 0 amide bonds. The third-order valence-electron chi connectivity index (χ3n) is 1.89. The first-order valence-corrected chi connectivity index (χ1v) is 6.10. The SMILES string of the molecule is CCOc1ccc2sc(=O)[nH]c2c1.NN=CC(=O)O. The van der Waals surface area contributed by atoms with E-state index < -0.39 is 5.97 Å². The van der Waals surface area contributed by atoms with Gasteiger partial charge in [0, 0.05) is 6.07 Å². The van der Waals surface area contributed by atoms with Gasteiger partial charge in [0.1, 0.15) is 12.0 Å². The number of ether oxygens (including phenoxy) is 1. The normalized spacial score (nSPS) is 10.2. The molecule has 0 radical (unpaired) electrons. The Morgan fingerprint density at radius 2 is 2.37 bits per heavy atom. The maximum Gasteiger partial charge on any atom is 0.348 e. The molecule has 8 heteroatoms. The lowest BCUT2D eigenvalue weighted by Crippen LogP contribution is -1.96. The summed E-state index contributed by atoms with van der Waals surface area (Å²) in [4.78, 5) is 23.1. The van der Waals surface area contributed by atoms with Crippen molar-refractivity contribution in [1.82, 2.24) is 4.98 Å². The predicted octanol–water partition coefficient (Wildman–Crippen LogP) is 1.00. The van der Waals surface area contributed by atoms with Crippen LogP contribution in [0.4, 0.5) is 0 Å². The second-order valence-electron chi connectivity index (χ2n) is 3.22. The second-order valence-corrected chi connectivity index (χ2v) is 4.24. The lowest BCUT2D eigenvalue weighted by atomic mass is 10.3. The van der Waals surface area contributed by atoms with Crippen LogP contribution in [0.2, 0.25) is 0 Å². The number of hydrazone groups is 1. The quantitative estimate of drug-likeness (QED) is 0.441. The average Bonchev–Trinajstić information content (AvgIpc) is 2.69. The number of carbonyl (C=O) groups is 1. The molecular formula is C11H13N3O4S. The number of nitrogens with zero attached hydrogens (tertiary/aromatic N) is 1. The molecule has 0 bridgehead atoms. The number of carboxylic acid groups (broad SMARTS) is 1. The van der Waals surface area contributed by atoms with Gasteiger partial charge in [-0.05, 0) is 19.1 Å². The molecule has 1 aromatic carbocycles. The number of rotatable bonds is 3. The van der Waals surface area contributed by atoms with E-state index in [0.29, 0.717) is 12.8 Å². The number of H-pyrrole nitrogens is 1. The summed E-state index contributed by atoms with van der Waals surface area (Å²) >= 11 is 1.21. The molecule has 7 nitrogen and oxygen atoms in total. The molecule has 2 aromatic rings. The van der Waals surface area contributed by atoms with Gasteiger partial charge >= 0.3 is 10.8 Å². The van der Waals surface area contributed by atoms with Crippen molar-refractivity contribution >= 4 is 33.7 Å². The number of hydrogen-bond acceptors (Lipinski definition) is 6. The summed E-state index contributed by atoms with van der Waals surface area (Å²) in [7, 11) is 0. The molecule has 0 saturated carbocycles. The van der Waals surface area contributed by atoms with Crippen LogP contribution in [0.5, 0.6) is 5.75 Å². The van der Waals surface area contributed by atoms with Gasteiger partial charge in [-0.2, -0.15) is 5.10 Å². The molecule has 0 fully saturated rings. The lowest BCUT2D eigenvalue weighted by molar-refractivity contribution is -0.128. The third kappa shape index (κ3) is 4.80. The average molecular weight is 283 g/mol. The number of nitrogens with one attached hydrogen (secondary N) is 1. The summed E-state index contributed by atoms with van der Waals surface area (Å²) < 4.78 is 6.27. The number of fused-ring (bicyclic) bond motifs is 1. The van der Waals surface area contributed by atoms with Crippen molar-refractivity contribution in [3.8, 4) is 5.75 Å². The van der Waals surface area contributed by atoms with Crippen LogP contribution in [0.15, 0.2) is 28.1 Å². The van der Waals surface area contributed by atoms with Crippen molar-refractivity contribution in [2.45, 2.75) is 6.92 Å². The Balaban J connectivity index is 0.000000258. The van der Waals surface area contributed by atoms with Crippen molar-refractivity contribution in [2.75, 3.05) is 6.61 Å². The summed E-state index contributed by atoms with van der Waals surface area (Å²) in [5.74, 6) is 4.09. The Morgan fingerprint density at radius 3 is 2.89 bits per heavy atom. The third-order valence-corrected chi connectivity index (χ3v) is 2.75. The highest BCUT2D eigenvalue weighted by atomic mass is 32.1. The number of thiazole rings is 1. The van der Waals surface area contributed by atoms with Crippen molar-refractivity contribution in [3.05, 3.63) is 27.9 Å². The van der Waals surface area contributed by atoms with Gasteiger partial charge in [0.2, 0.25) is 0 Å². The first-order chi connectivity index (χ1) is 9.06. The van der Waals surface area contributed by atoms with Crippen molar-refractivity contribution in [3.63, 3.8) is 0 Å². The van der Waals surface area contributed by atoms with Crippen LogP contribution in [0.25, 0.3) is 10.2 Å². The number of nitrogens with two attached hydrogens (primary N) is 1. The molecule has 1 heterocycles. The fourth-order valence-corrected chi connectivity index (χ4v) is 1.97. The zero-order chi connectivity index (χ0) is 14.3. The van der Waals surface area contributed by atoms with Crippen LogP contribution in [0.1, 0.15) is 6.92 Å². The Hall–Kier alpha value is -2.35. The highest BCUT2D eigenvalue weighted by Crippen LogP contribution is 2.20. The van der Waals surface area contributed by atoms with Crippen LogP contribution in [-0.2, 0) is 4.79 Å². The Bertz CT molecular complexity index is 632. The molecule has 0 spiro atoms. The molecule has 0 aliphatic rings. The molecule has 4 N–H and O–H groups in total. The highest BCUT2D eigenvalue weighted by Gasteiger charge is 2.00. The van der Waals surface area contributed by atoms with E-state index in [-0.39, 0.29) is 4.87 Å². The molecule has 102 valence electrons. The molecule has 2 rings (SSSR count). The van der Waals surface area contributed by atoms with E-state index >= 15 is 0 Å². The zero-order valence-corrected chi connectivity index (χ0v) is 10.9. The maximum atomic E-state index is 11.0. The summed E-state index contributed by atoms with van der Waals surface area (Å²) in [6, 6.07) is 5.61. The van der Waals surface area contributed by atoms with E-state index in [0.717, 1.165) is 16.0 Å².